The third-order valence-electron chi connectivity index (χ3n) is 1.14. The quantitative estimate of drug-likeness (QED) is 0.399. The molecule has 0 aliphatic carbocycles. The predicted octanol–water partition coefficient (Wildman–Crippen LogP) is 2.16. The van der Waals surface area contributed by atoms with Crippen LogP contribution in [0.2, 0.25) is 0 Å². The molecular formula is C6H9Cl2O3P. The van der Waals surface area contributed by atoms with E-state index in [1.807, 2.05) is 0 Å². The van der Waals surface area contributed by atoms with Gasteiger partial charge in [0.15, 0.2) is 6.26 Å². The third kappa shape index (κ3) is 6.86. The third-order valence-corrected chi connectivity index (χ3v) is 1.79. The van der Waals surface area contributed by atoms with Crippen molar-refractivity contribution in [3.05, 3.63) is 11.8 Å². The van der Waals surface area contributed by atoms with Crippen molar-refractivity contribution in [2.45, 2.75) is 12.8 Å². The van der Waals surface area contributed by atoms with E-state index in [1.165, 1.54) is 6.26 Å². The van der Waals surface area contributed by atoms with Crippen molar-refractivity contribution in [2.24, 2.45) is 0 Å². The van der Waals surface area contributed by atoms with Gasteiger partial charge in [0.05, 0.1) is 0 Å². The minimum atomic E-state index is -2.82. The number of rotatable bonds is 6. The highest BCUT2D eigenvalue weighted by Crippen LogP contribution is 2.15. The van der Waals surface area contributed by atoms with Crippen LogP contribution in [0.25, 0.3) is 0 Å². The molecule has 0 aromatic rings. The molecule has 0 rings (SSSR count). The van der Waals surface area contributed by atoms with Crippen molar-refractivity contribution >= 4 is 31.5 Å². The van der Waals surface area contributed by atoms with E-state index in [2.05, 4.69) is 4.52 Å². The molecule has 1 unspecified atom stereocenters. The van der Waals surface area contributed by atoms with E-state index >= 15 is 0 Å². The molecule has 0 heterocycles. The maximum Gasteiger partial charge on any atom is 0.538 e. The summed E-state index contributed by atoms with van der Waals surface area (Å²) >= 11 is 10.9. The first-order chi connectivity index (χ1) is 5.70. The molecule has 0 aromatic heterocycles. The van der Waals surface area contributed by atoms with Gasteiger partial charge in [-0.05, 0) is 23.0 Å². The van der Waals surface area contributed by atoms with E-state index in [4.69, 9.17) is 23.2 Å². The lowest BCUT2D eigenvalue weighted by Gasteiger charge is -1.98. The first-order valence-corrected chi connectivity index (χ1v) is 5.48. The fraction of sp³-hybridized carbons (Fsp3) is 0.667. The van der Waals surface area contributed by atoms with Crippen molar-refractivity contribution in [3.8, 4) is 0 Å². The molecule has 0 amide bonds. The lowest BCUT2D eigenvalue weighted by molar-refractivity contribution is -0.181. The molecule has 1 atom stereocenters. The van der Waals surface area contributed by atoms with Gasteiger partial charge < -0.3 is 4.89 Å². The molecule has 0 saturated heterocycles. The Morgan fingerprint density at radius 1 is 1.42 bits per heavy atom. The molecule has 0 aromatic carbocycles. The van der Waals surface area contributed by atoms with Crippen LogP contribution in [0.1, 0.15) is 12.8 Å². The van der Waals surface area contributed by atoms with Crippen LogP contribution in [0.3, 0.4) is 0 Å². The van der Waals surface area contributed by atoms with Gasteiger partial charge in [0.2, 0.25) is 0 Å². The monoisotopic (exact) mass is 230 g/mol. The Bertz CT molecular complexity index is 164. The Balaban J connectivity index is 3.89. The lowest BCUT2D eigenvalue weighted by atomic mass is 10.2. The van der Waals surface area contributed by atoms with Gasteiger partial charge in [-0.1, -0.05) is 0 Å². The van der Waals surface area contributed by atoms with E-state index in [-0.39, 0.29) is 0 Å². The second kappa shape index (κ2) is 7.81. The molecule has 0 N–H and O–H groups in total. The normalized spacial score (nSPS) is 10.8. The molecule has 0 aliphatic rings. The topological polar surface area (TPSA) is 49.4 Å². The van der Waals surface area contributed by atoms with Gasteiger partial charge >= 0.3 is 8.25 Å². The van der Waals surface area contributed by atoms with Crippen molar-refractivity contribution in [2.75, 3.05) is 11.8 Å². The minimum absolute atomic E-state index is 0.432. The number of hydrogen-bond acceptors (Lipinski definition) is 3. The zero-order valence-electron chi connectivity index (χ0n) is 6.33. The van der Waals surface area contributed by atoms with Crippen molar-refractivity contribution in [1.29, 1.82) is 0 Å². The summed E-state index contributed by atoms with van der Waals surface area (Å²) in [7, 11) is -2.82. The van der Waals surface area contributed by atoms with Crippen LogP contribution in [0.4, 0.5) is 0 Å². The molecule has 3 nitrogen and oxygen atoms in total. The fourth-order valence-corrected chi connectivity index (χ4v) is 1.32. The summed E-state index contributed by atoms with van der Waals surface area (Å²) in [6.07, 6.45) is 2.38. The number of alkyl halides is 2. The summed E-state index contributed by atoms with van der Waals surface area (Å²) in [6, 6.07) is 0. The number of hydrogen-bond donors (Lipinski definition) is 0. The summed E-state index contributed by atoms with van der Waals surface area (Å²) in [5.74, 6) is 0.865. The second-order valence-electron chi connectivity index (χ2n) is 1.98. The summed E-state index contributed by atoms with van der Waals surface area (Å²) < 4.78 is 14.3. The molecule has 0 saturated carbocycles. The van der Waals surface area contributed by atoms with Crippen LogP contribution in [0.15, 0.2) is 11.8 Å². The summed E-state index contributed by atoms with van der Waals surface area (Å²) in [4.78, 5) is 10.0. The fourth-order valence-electron chi connectivity index (χ4n) is 0.603. The van der Waals surface area contributed by atoms with Gasteiger partial charge in [-0.3, -0.25) is 4.52 Å². The van der Waals surface area contributed by atoms with Gasteiger partial charge in [-0.25, -0.2) is 0 Å². The SMILES string of the molecule is O=[P+]([O-])OC=C(CCCl)CCCl. The summed E-state index contributed by atoms with van der Waals surface area (Å²) in [6.45, 7) is 0. The molecular weight excluding hydrogens is 222 g/mol. The number of allylic oxidation sites excluding steroid dienone is 1. The van der Waals surface area contributed by atoms with Gasteiger partial charge in [-0.15, -0.1) is 23.2 Å². The maximum absolute atomic E-state index is 10.0. The van der Waals surface area contributed by atoms with Crippen LogP contribution in [0.5, 0.6) is 0 Å². The van der Waals surface area contributed by atoms with Gasteiger partial charge in [0.25, 0.3) is 0 Å². The summed E-state index contributed by atoms with van der Waals surface area (Å²) in [5.41, 5.74) is 0.805. The Morgan fingerprint density at radius 2 is 1.92 bits per heavy atom. The van der Waals surface area contributed by atoms with Gasteiger partial charge in [-0.2, -0.15) is 0 Å². The number of halogens is 2. The molecule has 0 fully saturated rings. The lowest BCUT2D eigenvalue weighted by Crippen LogP contribution is -1.90. The molecule has 12 heavy (non-hydrogen) atoms. The van der Waals surface area contributed by atoms with Gasteiger partial charge in [0.1, 0.15) is 0 Å². The summed E-state index contributed by atoms with van der Waals surface area (Å²) in [5, 5.41) is 0. The Morgan fingerprint density at radius 3 is 2.25 bits per heavy atom. The van der Waals surface area contributed by atoms with Crippen LogP contribution in [0, 0.1) is 0 Å². The standard InChI is InChI=1S/C6H9Cl2O3P/c7-3-1-6(2-4-8)5-11-12(9)10/h5H,1-4H2. The molecule has 70 valence electrons. The largest absolute Gasteiger partial charge is 0.558 e. The molecule has 6 heteroatoms. The van der Waals surface area contributed by atoms with E-state index in [0.29, 0.717) is 24.6 Å². The Labute approximate surface area is 82.3 Å². The highest BCUT2D eigenvalue weighted by atomic mass is 35.5. The van der Waals surface area contributed by atoms with E-state index < -0.39 is 8.25 Å². The van der Waals surface area contributed by atoms with Crippen LogP contribution in [-0.2, 0) is 9.09 Å². The van der Waals surface area contributed by atoms with Crippen molar-refractivity contribution in [1.82, 2.24) is 0 Å². The minimum Gasteiger partial charge on any atom is -0.558 e. The molecule has 0 radical (unpaired) electrons. The Kier molecular flexibility index (Phi) is 7.93. The molecule has 0 spiro atoms. The molecule has 0 bridgehead atoms. The van der Waals surface area contributed by atoms with Crippen LogP contribution < -0.4 is 4.89 Å². The van der Waals surface area contributed by atoms with E-state index in [9.17, 15) is 9.46 Å². The zero-order chi connectivity index (χ0) is 9.40. The van der Waals surface area contributed by atoms with E-state index in [1.54, 1.807) is 0 Å². The highest BCUT2D eigenvalue weighted by molar-refractivity contribution is 7.30. The first-order valence-electron chi connectivity index (χ1n) is 3.31. The molecule has 0 aliphatic heterocycles. The van der Waals surface area contributed by atoms with Crippen LogP contribution in [-0.4, -0.2) is 11.8 Å². The van der Waals surface area contributed by atoms with Gasteiger partial charge in [0, 0.05) is 11.8 Å². The average molecular weight is 231 g/mol. The first kappa shape index (κ1) is 12.2. The predicted molar refractivity (Wildman–Crippen MR) is 47.4 cm³/mol. The van der Waals surface area contributed by atoms with Crippen LogP contribution >= 0.6 is 31.5 Å². The smallest absolute Gasteiger partial charge is 0.538 e. The zero-order valence-corrected chi connectivity index (χ0v) is 8.74. The highest BCUT2D eigenvalue weighted by Gasteiger charge is 2.01. The second-order valence-corrected chi connectivity index (χ2v) is 3.40. The average Bonchev–Trinajstić information content (AvgIpc) is 2.01. The maximum atomic E-state index is 10.0. The van der Waals surface area contributed by atoms with Crippen molar-refractivity contribution < 1.29 is 14.0 Å². The Hall–Kier alpha value is 0.180. The van der Waals surface area contributed by atoms with E-state index in [0.717, 1.165) is 5.57 Å². The van der Waals surface area contributed by atoms with Crippen molar-refractivity contribution in [3.63, 3.8) is 0 Å².